The zero-order chi connectivity index (χ0) is 13.9. The van der Waals surface area contributed by atoms with Gasteiger partial charge in [-0.15, -0.1) is 0 Å². The molecular formula is C15H23NO3. The molecule has 0 spiro atoms. The van der Waals surface area contributed by atoms with Gasteiger partial charge in [0, 0.05) is 24.8 Å². The Hall–Kier alpha value is -1.26. The molecule has 4 nitrogen and oxygen atoms in total. The van der Waals surface area contributed by atoms with E-state index in [0.717, 1.165) is 24.3 Å². The van der Waals surface area contributed by atoms with Crippen LogP contribution in [0.4, 0.5) is 5.69 Å². The summed E-state index contributed by atoms with van der Waals surface area (Å²) in [4.78, 5) is 0. The van der Waals surface area contributed by atoms with Gasteiger partial charge < -0.3 is 19.9 Å². The number of benzene rings is 1. The van der Waals surface area contributed by atoms with Crippen LogP contribution in [0.15, 0.2) is 24.3 Å². The summed E-state index contributed by atoms with van der Waals surface area (Å²) in [6, 6.07) is 7.78. The molecule has 1 aliphatic rings. The second-order valence-electron chi connectivity index (χ2n) is 5.83. The molecule has 2 rings (SSSR count). The minimum atomic E-state index is -0.325. The summed E-state index contributed by atoms with van der Waals surface area (Å²) in [5.74, 6) is 0.810. The van der Waals surface area contributed by atoms with E-state index in [2.05, 4.69) is 19.2 Å². The fourth-order valence-corrected chi connectivity index (χ4v) is 2.77. The first-order valence-corrected chi connectivity index (χ1v) is 6.66. The minimum absolute atomic E-state index is 0.0942. The second kappa shape index (κ2) is 5.39. The topological polar surface area (TPSA) is 50.7 Å². The van der Waals surface area contributed by atoms with Gasteiger partial charge in [0.05, 0.1) is 24.9 Å². The maximum atomic E-state index is 9.81. The molecule has 0 amide bonds. The van der Waals surface area contributed by atoms with Crippen LogP contribution in [-0.4, -0.2) is 36.6 Å². The molecule has 0 bridgehead atoms. The van der Waals surface area contributed by atoms with Crippen molar-refractivity contribution in [1.29, 1.82) is 0 Å². The highest BCUT2D eigenvalue weighted by molar-refractivity contribution is 5.50. The first kappa shape index (κ1) is 14.2. The standard InChI is InChI=1S/C15H23NO3/c1-14(2)10-15(11-17,7-8-19-14)16-12-5-4-6-13(9-12)18-3/h4-6,9,16-17H,7-8,10-11H2,1-3H3. The predicted molar refractivity (Wildman–Crippen MR) is 75.7 cm³/mol. The SMILES string of the molecule is COc1cccc(NC2(CO)CCOC(C)(C)C2)c1. The summed E-state index contributed by atoms with van der Waals surface area (Å²) in [7, 11) is 1.65. The largest absolute Gasteiger partial charge is 0.497 e. The third-order valence-electron chi connectivity index (χ3n) is 3.62. The van der Waals surface area contributed by atoms with Crippen molar-refractivity contribution in [3.63, 3.8) is 0 Å². The van der Waals surface area contributed by atoms with Crippen molar-refractivity contribution in [3.05, 3.63) is 24.3 Å². The molecule has 2 N–H and O–H groups in total. The van der Waals surface area contributed by atoms with Crippen LogP contribution in [0.5, 0.6) is 5.75 Å². The summed E-state index contributed by atoms with van der Waals surface area (Å²) in [6.45, 7) is 4.87. The average Bonchev–Trinajstić information content (AvgIpc) is 2.38. The lowest BCUT2D eigenvalue weighted by Gasteiger charge is -2.44. The maximum absolute atomic E-state index is 9.81. The molecule has 1 atom stereocenters. The number of ether oxygens (including phenoxy) is 2. The summed E-state index contributed by atoms with van der Waals surface area (Å²) >= 11 is 0. The van der Waals surface area contributed by atoms with Crippen molar-refractivity contribution in [2.75, 3.05) is 25.6 Å². The van der Waals surface area contributed by atoms with Crippen molar-refractivity contribution in [2.24, 2.45) is 0 Å². The molecule has 1 aromatic carbocycles. The van der Waals surface area contributed by atoms with Gasteiger partial charge >= 0.3 is 0 Å². The number of aliphatic hydroxyl groups excluding tert-OH is 1. The van der Waals surface area contributed by atoms with E-state index in [1.807, 2.05) is 24.3 Å². The van der Waals surface area contributed by atoms with Crippen LogP contribution in [0.2, 0.25) is 0 Å². The molecule has 106 valence electrons. The quantitative estimate of drug-likeness (QED) is 0.878. The Morgan fingerprint density at radius 2 is 2.21 bits per heavy atom. The van der Waals surface area contributed by atoms with Gasteiger partial charge in [-0.05, 0) is 32.4 Å². The third kappa shape index (κ3) is 3.39. The van der Waals surface area contributed by atoms with Crippen LogP contribution in [0.25, 0.3) is 0 Å². The maximum Gasteiger partial charge on any atom is 0.120 e. The average molecular weight is 265 g/mol. The number of methoxy groups -OCH3 is 1. The molecule has 1 unspecified atom stereocenters. The predicted octanol–water partition coefficient (Wildman–Crippen LogP) is 2.43. The minimum Gasteiger partial charge on any atom is -0.497 e. The van der Waals surface area contributed by atoms with E-state index in [1.165, 1.54) is 0 Å². The summed E-state index contributed by atoms with van der Waals surface area (Å²) in [6.07, 6.45) is 1.57. The molecular weight excluding hydrogens is 242 g/mol. The van der Waals surface area contributed by atoms with E-state index in [-0.39, 0.29) is 17.7 Å². The Kier molecular flexibility index (Phi) is 4.02. The molecule has 19 heavy (non-hydrogen) atoms. The zero-order valence-electron chi connectivity index (χ0n) is 11.9. The van der Waals surface area contributed by atoms with Gasteiger partial charge in [-0.25, -0.2) is 0 Å². The van der Waals surface area contributed by atoms with E-state index >= 15 is 0 Å². The fraction of sp³-hybridized carbons (Fsp3) is 0.600. The lowest BCUT2D eigenvalue weighted by Crippen LogP contribution is -2.53. The molecule has 1 fully saturated rings. The van der Waals surface area contributed by atoms with E-state index < -0.39 is 0 Å². The monoisotopic (exact) mass is 265 g/mol. The van der Waals surface area contributed by atoms with Gasteiger partial charge in [-0.3, -0.25) is 0 Å². The van der Waals surface area contributed by atoms with Crippen molar-refractivity contribution < 1.29 is 14.6 Å². The lowest BCUT2D eigenvalue weighted by atomic mass is 9.81. The lowest BCUT2D eigenvalue weighted by molar-refractivity contribution is -0.0838. The Morgan fingerprint density at radius 1 is 1.42 bits per heavy atom. The summed E-state index contributed by atoms with van der Waals surface area (Å²) in [5.41, 5.74) is 0.423. The number of rotatable bonds is 4. The molecule has 0 radical (unpaired) electrons. The molecule has 1 saturated heterocycles. The number of anilines is 1. The Balaban J connectivity index is 2.17. The van der Waals surface area contributed by atoms with Crippen LogP contribution >= 0.6 is 0 Å². The van der Waals surface area contributed by atoms with Crippen molar-refractivity contribution in [3.8, 4) is 5.75 Å². The Labute approximate surface area is 114 Å². The van der Waals surface area contributed by atoms with Gasteiger partial charge in [0.2, 0.25) is 0 Å². The molecule has 4 heteroatoms. The summed E-state index contributed by atoms with van der Waals surface area (Å²) < 4.78 is 11.0. The van der Waals surface area contributed by atoms with Crippen LogP contribution < -0.4 is 10.1 Å². The molecule has 0 saturated carbocycles. The van der Waals surface area contributed by atoms with E-state index in [9.17, 15) is 5.11 Å². The molecule has 0 aliphatic carbocycles. The second-order valence-corrected chi connectivity index (χ2v) is 5.83. The van der Waals surface area contributed by atoms with Gasteiger partial charge in [0.25, 0.3) is 0 Å². The van der Waals surface area contributed by atoms with Crippen molar-refractivity contribution in [1.82, 2.24) is 0 Å². The number of hydrogen-bond acceptors (Lipinski definition) is 4. The van der Waals surface area contributed by atoms with Crippen molar-refractivity contribution in [2.45, 2.75) is 37.8 Å². The van der Waals surface area contributed by atoms with Crippen LogP contribution in [-0.2, 0) is 4.74 Å². The van der Waals surface area contributed by atoms with E-state index in [1.54, 1.807) is 7.11 Å². The highest BCUT2D eigenvalue weighted by Crippen LogP contribution is 2.35. The number of hydrogen-bond donors (Lipinski definition) is 2. The van der Waals surface area contributed by atoms with Crippen LogP contribution in [0.3, 0.4) is 0 Å². The molecule has 0 aromatic heterocycles. The Morgan fingerprint density at radius 3 is 2.84 bits per heavy atom. The third-order valence-corrected chi connectivity index (χ3v) is 3.62. The van der Waals surface area contributed by atoms with Crippen molar-refractivity contribution >= 4 is 5.69 Å². The number of aliphatic hydroxyl groups is 1. The fourth-order valence-electron chi connectivity index (χ4n) is 2.77. The van der Waals surface area contributed by atoms with E-state index in [0.29, 0.717) is 6.61 Å². The normalized spacial score (nSPS) is 25.9. The van der Waals surface area contributed by atoms with Gasteiger partial charge in [0.1, 0.15) is 5.75 Å². The highest BCUT2D eigenvalue weighted by atomic mass is 16.5. The van der Waals surface area contributed by atoms with Gasteiger partial charge in [0.15, 0.2) is 0 Å². The molecule has 1 heterocycles. The smallest absolute Gasteiger partial charge is 0.120 e. The van der Waals surface area contributed by atoms with E-state index in [4.69, 9.17) is 9.47 Å². The zero-order valence-corrected chi connectivity index (χ0v) is 11.9. The van der Waals surface area contributed by atoms with Gasteiger partial charge in [-0.2, -0.15) is 0 Å². The Bertz CT molecular complexity index is 433. The first-order chi connectivity index (χ1) is 8.99. The number of nitrogens with one attached hydrogen (secondary N) is 1. The molecule has 1 aliphatic heterocycles. The summed E-state index contributed by atoms with van der Waals surface area (Å²) in [5, 5.41) is 13.3. The van der Waals surface area contributed by atoms with Crippen LogP contribution in [0, 0.1) is 0 Å². The van der Waals surface area contributed by atoms with Crippen LogP contribution in [0.1, 0.15) is 26.7 Å². The highest BCUT2D eigenvalue weighted by Gasteiger charge is 2.40. The van der Waals surface area contributed by atoms with Gasteiger partial charge in [-0.1, -0.05) is 6.07 Å². The molecule has 1 aromatic rings. The first-order valence-electron chi connectivity index (χ1n) is 6.66.